The number of sulfonamides is 1. The number of methoxy groups -OCH3 is 1. The molecule has 34 heavy (non-hydrogen) atoms. The SMILES string of the molecule is CCc1ccc(C(=O)Nc2ccc(OC)c(OC3CCCC3)c2)cc1S(=O)(=O)N1CCOCC1. The van der Waals surface area contributed by atoms with Gasteiger partial charge in [-0.05, 0) is 61.9 Å². The molecule has 1 heterocycles. The highest BCUT2D eigenvalue weighted by Crippen LogP contribution is 2.34. The van der Waals surface area contributed by atoms with Gasteiger partial charge in [-0.2, -0.15) is 4.31 Å². The van der Waals surface area contributed by atoms with Crippen molar-refractivity contribution in [2.24, 2.45) is 0 Å². The number of benzene rings is 2. The van der Waals surface area contributed by atoms with Crippen LogP contribution in [0.2, 0.25) is 0 Å². The van der Waals surface area contributed by atoms with Crippen molar-refractivity contribution in [3.8, 4) is 11.5 Å². The number of nitrogens with one attached hydrogen (secondary N) is 1. The van der Waals surface area contributed by atoms with Crippen molar-refractivity contribution in [1.29, 1.82) is 0 Å². The van der Waals surface area contributed by atoms with E-state index in [-0.39, 0.29) is 16.6 Å². The Morgan fingerprint density at radius 3 is 2.50 bits per heavy atom. The molecule has 0 bridgehead atoms. The third-order valence-electron chi connectivity index (χ3n) is 6.32. The van der Waals surface area contributed by atoms with Gasteiger partial charge in [0.15, 0.2) is 11.5 Å². The van der Waals surface area contributed by atoms with Gasteiger partial charge in [0.05, 0.1) is 31.3 Å². The molecule has 1 saturated heterocycles. The second-order valence-corrected chi connectivity index (χ2v) is 10.4. The molecule has 9 heteroatoms. The summed E-state index contributed by atoms with van der Waals surface area (Å²) >= 11 is 0. The third-order valence-corrected chi connectivity index (χ3v) is 8.30. The van der Waals surface area contributed by atoms with Crippen LogP contribution < -0.4 is 14.8 Å². The molecule has 8 nitrogen and oxygen atoms in total. The van der Waals surface area contributed by atoms with Gasteiger partial charge < -0.3 is 19.5 Å². The van der Waals surface area contributed by atoms with Crippen LogP contribution in [0, 0.1) is 0 Å². The topological polar surface area (TPSA) is 94.2 Å². The number of carbonyl (C=O) groups excluding carboxylic acids is 1. The van der Waals surface area contributed by atoms with Crippen LogP contribution >= 0.6 is 0 Å². The van der Waals surface area contributed by atoms with Gasteiger partial charge in [-0.15, -0.1) is 0 Å². The van der Waals surface area contributed by atoms with E-state index in [9.17, 15) is 13.2 Å². The summed E-state index contributed by atoms with van der Waals surface area (Å²) in [6, 6.07) is 10.1. The van der Waals surface area contributed by atoms with Crippen molar-refractivity contribution < 1.29 is 27.4 Å². The molecular weight excluding hydrogens is 456 g/mol. The van der Waals surface area contributed by atoms with Crippen molar-refractivity contribution in [1.82, 2.24) is 4.31 Å². The Hall–Kier alpha value is -2.62. The summed E-state index contributed by atoms with van der Waals surface area (Å²) in [6.45, 7) is 3.24. The largest absolute Gasteiger partial charge is 0.493 e. The number of morpholine rings is 1. The monoisotopic (exact) mass is 488 g/mol. The Kier molecular flexibility index (Phi) is 7.75. The van der Waals surface area contributed by atoms with E-state index in [1.807, 2.05) is 6.92 Å². The second-order valence-electron chi connectivity index (χ2n) is 8.54. The van der Waals surface area contributed by atoms with Crippen LogP contribution in [0.5, 0.6) is 11.5 Å². The molecule has 0 atom stereocenters. The maximum Gasteiger partial charge on any atom is 0.255 e. The van der Waals surface area contributed by atoms with Crippen molar-refractivity contribution in [2.45, 2.75) is 50.0 Å². The highest BCUT2D eigenvalue weighted by molar-refractivity contribution is 7.89. The average molecular weight is 489 g/mol. The first-order chi connectivity index (χ1) is 16.4. The van der Waals surface area contributed by atoms with E-state index < -0.39 is 15.9 Å². The third kappa shape index (κ3) is 5.37. The Bertz CT molecular complexity index is 1120. The van der Waals surface area contributed by atoms with E-state index in [1.54, 1.807) is 37.4 Å². The predicted octanol–water partition coefficient (Wildman–Crippen LogP) is 3.85. The van der Waals surface area contributed by atoms with Gasteiger partial charge in [-0.1, -0.05) is 13.0 Å². The molecule has 1 N–H and O–H groups in total. The zero-order valence-corrected chi connectivity index (χ0v) is 20.5. The summed E-state index contributed by atoms with van der Waals surface area (Å²) in [5.41, 5.74) is 1.51. The highest BCUT2D eigenvalue weighted by Gasteiger charge is 2.29. The minimum Gasteiger partial charge on any atom is -0.493 e. The van der Waals surface area contributed by atoms with E-state index in [0.29, 0.717) is 55.5 Å². The lowest BCUT2D eigenvalue weighted by atomic mass is 10.1. The molecule has 184 valence electrons. The number of carbonyl (C=O) groups is 1. The van der Waals surface area contributed by atoms with Crippen LogP contribution in [0.1, 0.15) is 48.5 Å². The van der Waals surface area contributed by atoms with Crippen LogP contribution in [-0.4, -0.2) is 58.1 Å². The van der Waals surface area contributed by atoms with Crippen LogP contribution in [0.4, 0.5) is 5.69 Å². The summed E-state index contributed by atoms with van der Waals surface area (Å²) < 4.78 is 44.8. The molecule has 0 radical (unpaired) electrons. The number of aryl methyl sites for hydroxylation is 1. The number of nitrogens with zero attached hydrogens (tertiary/aromatic N) is 1. The van der Waals surface area contributed by atoms with Crippen LogP contribution in [-0.2, 0) is 21.2 Å². The molecule has 2 fully saturated rings. The Labute approximate surface area is 201 Å². The Morgan fingerprint density at radius 1 is 1.09 bits per heavy atom. The maximum absolute atomic E-state index is 13.3. The lowest BCUT2D eigenvalue weighted by molar-refractivity contribution is 0.0730. The van der Waals surface area contributed by atoms with Gasteiger partial charge in [-0.25, -0.2) is 8.42 Å². The van der Waals surface area contributed by atoms with E-state index in [4.69, 9.17) is 14.2 Å². The molecule has 0 unspecified atom stereocenters. The fourth-order valence-corrected chi connectivity index (χ4v) is 6.12. The number of hydrogen-bond acceptors (Lipinski definition) is 6. The lowest BCUT2D eigenvalue weighted by Gasteiger charge is -2.27. The summed E-state index contributed by atoms with van der Waals surface area (Å²) in [5.74, 6) is 0.804. The van der Waals surface area contributed by atoms with Crippen molar-refractivity contribution in [3.63, 3.8) is 0 Å². The minimum absolute atomic E-state index is 0.148. The highest BCUT2D eigenvalue weighted by atomic mass is 32.2. The van der Waals surface area contributed by atoms with Crippen LogP contribution in [0.15, 0.2) is 41.3 Å². The zero-order valence-electron chi connectivity index (χ0n) is 19.7. The smallest absolute Gasteiger partial charge is 0.255 e. The molecule has 1 aliphatic carbocycles. The zero-order chi connectivity index (χ0) is 24.1. The minimum atomic E-state index is -3.73. The van der Waals surface area contributed by atoms with E-state index in [2.05, 4.69) is 5.32 Å². The summed E-state index contributed by atoms with van der Waals surface area (Å²) in [5, 5.41) is 2.87. The molecule has 1 saturated carbocycles. The van der Waals surface area contributed by atoms with Gasteiger partial charge in [0.25, 0.3) is 5.91 Å². The molecule has 2 aromatic rings. The standard InChI is InChI=1S/C25H32N2O6S/c1-3-18-8-9-19(16-24(18)34(29,30)27-12-14-32-15-13-27)25(28)26-20-10-11-22(31-2)23(17-20)33-21-6-4-5-7-21/h8-11,16-17,21H,3-7,12-15H2,1-2H3,(H,26,28). The number of amides is 1. The summed E-state index contributed by atoms with van der Waals surface area (Å²) in [7, 11) is -2.14. The van der Waals surface area contributed by atoms with Crippen molar-refractivity contribution in [2.75, 3.05) is 38.7 Å². The maximum atomic E-state index is 13.3. The fourth-order valence-electron chi connectivity index (χ4n) is 4.39. The van der Waals surface area contributed by atoms with Crippen LogP contribution in [0.3, 0.4) is 0 Å². The van der Waals surface area contributed by atoms with Gasteiger partial charge in [0.1, 0.15) is 0 Å². The molecule has 2 aromatic carbocycles. The number of ether oxygens (including phenoxy) is 3. The molecule has 2 aliphatic rings. The van der Waals surface area contributed by atoms with E-state index >= 15 is 0 Å². The van der Waals surface area contributed by atoms with E-state index in [1.165, 1.54) is 10.4 Å². The average Bonchev–Trinajstić information content (AvgIpc) is 3.37. The summed E-state index contributed by atoms with van der Waals surface area (Å²) in [4.78, 5) is 13.2. The lowest BCUT2D eigenvalue weighted by Crippen LogP contribution is -2.41. The fraction of sp³-hybridized carbons (Fsp3) is 0.480. The first-order valence-corrected chi connectivity index (χ1v) is 13.2. The molecular formula is C25H32N2O6S. The Balaban J connectivity index is 1.57. The van der Waals surface area contributed by atoms with Crippen LogP contribution in [0.25, 0.3) is 0 Å². The van der Waals surface area contributed by atoms with Gasteiger partial charge in [0, 0.05) is 30.4 Å². The molecule has 0 aromatic heterocycles. The second kappa shape index (κ2) is 10.8. The predicted molar refractivity (Wildman–Crippen MR) is 129 cm³/mol. The molecule has 1 amide bonds. The number of anilines is 1. The van der Waals surface area contributed by atoms with Gasteiger partial charge in [-0.3, -0.25) is 4.79 Å². The first kappa shape index (κ1) is 24.5. The molecule has 1 aliphatic heterocycles. The summed E-state index contributed by atoms with van der Waals surface area (Å²) in [6.07, 6.45) is 4.99. The molecule has 0 spiro atoms. The van der Waals surface area contributed by atoms with Crippen molar-refractivity contribution in [3.05, 3.63) is 47.5 Å². The number of hydrogen-bond donors (Lipinski definition) is 1. The van der Waals surface area contributed by atoms with Gasteiger partial charge >= 0.3 is 0 Å². The molecule has 4 rings (SSSR count). The van der Waals surface area contributed by atoms with Gasteiger partial charge in [0.2, 0.25) is 10.0 Å². The first-order valence-electron chi connectivity index (χ1n) is 11.8. The normalized spacial score (nSPS) is 17.5. The Morgan fingerprint density at radius 2 is 1.82 bits per heavy atom. The number of rotatable bonds is 8. The quantitative estimate of drug-likeness (QED) is 0.607. The van der Waals surface area contributed by atoms with Crippen molar-refractivity contribution >= 4 is 21.6 Å². The van der Waals surface area contributed by atoms with E-state index in [0.717, 1.165) is 25.7 Å².